The largest absolute Gasteiger partial charge is 0.325 e. The second-order valence-electron chi connectivity index (χ2n) is 4.54. The van der Waals surface area contributed by atoms with E-state index in [1.807, 2.05) is 0 Å². The molecule has 0 aliphatic carbocycles. The first kappa shape index (κ1) is 15.2. The summed E-state index contributed by atoms with van der Waals surface area (Å²) in [6.45, 7) is 2.29. The van der Waals surface area contributed by atoms with Gasteiger partial charge in [0.25, 0.3) is 0 Å². The van der Waals surface area contributed by atoms with Crippen LogP contribution >= 0.6 is 11.6 Å². The number of rotatable bonds is 5. The predicted molar refractivity (Wildman–Crippen MR) is 76.8 cm³/mol. The highest BCUT2D eigenvalue weighted by molar-refractivity contribution is 7.88. The first-order valence-electron chi connectivity index (χ1n) is 6.02. The molecule has 0 spiro atoms. The summed E-state index contributed by atoms with van der Waals surface area (Å²) in [5.74, 6) is 0.214. The molecule has 0 aliphatic rings. The first-order valence-corrected chi connectivity index (χ1v) is 8.35. The maximum absolute atomic E-state index is 13.4. The number of halogens is 2. The minimum absolute atomic E-state index is 0.192. The average molecular weight is 320 g/mol. The van der Waals surface area contributed by atoms with Gasteiger partial charge in [0, 0.05) is 13.1 Å². The molecule has 1 aromatic heterocycles. The van der Waals surface area contributed by atoms with Gasteiger partial charge in [-0.25, -0.2) is 22.5 Å². The van der Waals surface area contributed by atoms with Crippen LogP contribution in [0.25, 0.3) is 11.0 Å². The second kappa shape index (κ2) is 5.67. The number of sulfonamides is 1. The van der Waals surface area contributed by atoms with E-state index in [0.717, 1.165) is 6.26 Å². The molecule has 110 valence electrons. The van der Waals surface area contributed by atoms with E-state index >= 15 is 0 Å². The van der Waals surface area contributed by atoms with Gasteiger partial charge in [0.2, 0.25) is 10.0 Å². The highest BCUT2D eigenvalue weighted by atomic mass is 35.5. The third-order valence-corrected chi connectivity index (χ3v) is 3.72. The lowest BCUT2D eigenvalue weighted by molar-refractivity contribution is 0.576. The molecule has 20 heavy (non-hydrogen) atoms. The Kier molecular flexibility index (Phi) is 4.31. The summed E-state index contributed by atoms with van der Waals surface area (Å²) in [5.41, 5.74) is 1.23. The fraction of sp³-hybridized carbons (Fsp3) is 0.417. The van der Waals surface area contributed by atoms with Crippen LogP contribution in [0, 0.1) is 5.82 Å². The monoisotopic (exact) mass is 319 g/mol. The molecular formula is C12H15ClFN3O2S. The highest BCUT2D eigenvalue weighted by Gasteiger charge is 2.15. The van der Waals surface area contributed by atoms with Crippen molar-refractivity contribution in [2.24, 2.45) is 0 Å². The molecule has 5 nitrogen and oxygen atoms in total. The Morgan fingerprint density at radius 3 is 2.80 bits per heavy atom. The Balaban J connectivity index is 2.38. The van der Waals surface area contributed by atoms with E-state index in [4.69, 9.17) is 11.6 Å². The zero-order valence-electron chi connectivity index (χ0n) is 11.1. The predicted octanol–water partition coefficient (Wildman–Crippen LogP) is 2.02. The molecule has 0 bridgehead atoms. The van der Waals surface area contributed by atoms with Crippen molar-refractivity contribution >= 4 is 32.7 Å². The van der Waals surface area contributed by atoms with Gasteiger partial charge in [0.15, 0.2) is 0 Å². The molecule has 2 rings (SSSR count). The van der Waals surface area contributed by atoms with E-state index < -0.39 is 10.0 Å². The molecule has 1 unspecified atom stereocenters. The lowest BCUT2D eigenvalue weighted by atomic mass is 10.3. The van der Waals surface area contributed by atoms with Gasteiger partial charge in [-0.2, -0.15) is 0 Å². The van der Waals surface area contributed by atoms with Crippen LogP contribution in [-0.2, 0) is 16.6 Å². The second-order valence-corrected chi connectivity index (χ2v) is 7.02. The quantitative estimate of drug-likeness (QED) is 0.858. The van der Waals surface area contributed by atoms with Crippen molar-refractivity contribution in [2.75, 3.05) is 12.8 Å². The third kappa shape index (κ3) is 3.47. The number of nitrogens with zero attached hydrogens (tertiary/aromatic N) is 2. The molecule has 0 radical (unpaired) electrons. The minimum atomic E-state index is -3.26. The summed E-state index contributed by atoms with van der Waals surface area (Å²) in [7, 11) is -3.26. The Bertz CT molecular complexity index is 728. The fourth-order valence-electron chi connectivity index (χ4n) is 2.00. The van der Waals surface area contributed by atoms with Gasteiger partial charge in [-0.05, 0) is 25.1 Å². The number of alkyl halides is 1. The Hall–Kier alpha value is -1.18. The van der Waals surface area contributed by atoms with Gasteiger partial charge in [-0.1, -0.05) is 0 Å². The van der Waals surface area contributed by atoms with Crippen LogP contribution in [0.15, 0.2) is 18.2 Å². The molecule has 2 aromatic rings. The van der Waals surface area contributed by atoms with Crippen molar-refractivity contribution in [3.63, 3.8) is 0 Å². The van der Waals surface area contributed by atoms with Crippen LogP contribution in [-0.4, -0.2) is 30.8 Å². The number of hydrogen-bond donors (Lipinski definition) is 1. The summed E-state index contributed by atoms with van der Waals surface area (Å²) in [6.07, 6.45) is 1.09. The standard InChI is InChI=1S/C12H15ClFN3O2S/c1-8(13)12-16-10-4-3-9(14)7-11(10)17(12)6-5-15-20(2,18)19/h3-4,7-8,15H,5-6H2,1-2H3. The molecule has 1 N–H and O–H groups in total. The zero-order chi connectivity index (χ0) is 14.9. The van der Waals surface area contributed by atoms with Crippen molar-refractivity contribution in [2.45, 2.75) is 18.8 Å². The number of hydrogen-bond acceptors (Lipinski definition) is 3. The summed E-state index contributed by atoms with van der Waals surface area (Å²) in [6, 6.07) is 4.27. The molecular weight excluding hydrogens is 305 g/mol. The van der Waals surface area contributed by atoms with Crippen LogP contribution < -0.4 is 4.72 Å². The van der Waals surface area contributed by atoms with E-state index in [0.29, 0.717) is 23.4 Å². The van der Waals surface area contributed by atoms with Gasteiger partial charge in [-0.3, -0.25) is 0 Å². The average Bonchev–Trinajstić information content (AvgIpc) is 2.66. The van der Waals surface area contributed by atoms with Crippen molar-refractivity contribution in [3.05, 3.63) is 29.8 Å². The van der Waals surface area contributed by atoms with E-state index in [1.54, 1.807) is 17.6 Å². The number of aromatic nitrogens is 2. The normalized spacial score (nSPS) is 13.8. The van der Waals surface area contributed by atoms with Crippen molar-refractivity contribution in [1.82, 2.24) is 14.3 Å². The van der Waals surface area contributed by atoms with Crippen LogP contribution in [0.5, 0.6) is 0 Å². The Morgan fingerprint density at radius 2 is 2.20 bits per heavy atom. The molecule has 0 amide bonds. The third-order valence-electron chi connectivity index (χ3n) is 2.80. The summed E-state index contributed by atoms with van der Waals surface area (Å²) >= 11 is 6.07. The smallest absolute Gasteiger partial charge is 0.208 e. The molecule has 1 atom stereocenters. The fourth-order valence-corrected chi connectivity index (χ4v) is 2.62. The van der Waals surface area contributed by atoms with E-state index in [2.05, 4.69) is 9.71 Å². The maximum atomic E-state index is 13.4. The molecule has 0 saturated heterocycles. The van der Waals surface area contributed by atoms with Crippen molar-refractivity contribution in [3.8, 4) is 0 Å². The van der Waals surface area contributed by atoms with Crippen LogP contribution in [0.1, 0.15) is 18.1 Å². The SMILES string of the molecule is CC(Cl)c1nc2ccc(F)cc2n1CCNS(C)(=O)=O. The number of benzene rings is 1. The maximum Gasteiger partial charge on any atom is 0.208 e. The molecule has 8 heteroatoms. The van der Waals surface area contributed by atoms with E-state index in [-0.39, 0.29) is 17.7 Å². The van der Waals surface area contributed by atoms with E-state index in [1.165, 1.54) is 12.1 Å². The Labute approximate surface area is 121 Å². The summed E-state index contributed by atoms with van der Waals surface area (Å²) in [4.78, 5) is 4.36. The molecule has 0 saturated carbocycles. The number of imidazole rings is 1. The number of nitrogens with one attached hydrogen (secondary N) is 1. The number of fused-ring (bicyclic) bond motifs is 1. The van der Waals surface area contributed by atoms with E-state index in [9.17, 15) is 12.8 Å². The van der Waals surface area contributed by atoms with Crippen LogP contribution in [0.3, 0.4) is 0 Å². The molecule has 0 aliphatic heterocycles. The summed E-state index contributed by atoms with van der Waals surface area (Å²) in [5, 5.41) is -0.358. The van der Waals surface area contributed by atoms with Crippen LogP contribution in [0.4, 0.5) is 4.39 Å². The first-order chi connectivity index (χ1) is 9.28. The van der Waals surface area contributed by atoms with Crippen molar-refractivity contribution < 1.29 is 12.8 Å². The molecule has 1 aromatic carbocycles. The minimum Gasteiger partial charge on any atom is -0.325 e. The Morgan fingerprint density at radius 1 is 1.50 bits per heavy atom. The summed E-state index contributed by atoms with van der Waals surface area (Å²) < 4.78 is 39.6. The van der Waals surface area contributed by atoms with Gasteiger partial charge in [0.1, 0.15) is 11.6 Å². The van der Waals surface area contributed by atoms with Gasteiger partial charge < -0.3 is 4.57 Å². The van der Waals surface area contributed by atoms with Gasteiger partial charge in [0.05, 0.1) is 22.7 Å². The zero-order valence-corrected chi connectivity index (χ0v) is 12.7. The lowest BCUT2D eigenvalue weighted by Crippen LogP contribution is -2.26. The molecule has 0 fully saturated rings. The van der Waals surface area contributed by atoms with Gasteiger partial charge >= 0.3 is 0 Å². The topological polar surface area (TPSA) is 64.0 Å². The van der Waals surface area contributed by atoms with Crippen molar-refractivity contribution in [1.29, 1.82) is 0 Å². The lowest BCUT2D eigenvalue weighted by Gasteiger charge is -2.10. The highest BCUT2D eigenvalue weighted by Crippen LogP contribution is 2.24. The van der Waals surface area contributed by atoms with Crippen LogP contribution in [0.2, 0.25) is 0 Å². The van der Waals surface area contributed by atoms with Gasteiger partial charge in [-0.15, -0.1) is 11.6 Å². The molecule has 1 heterocycles.